The lowest BCUT2D eigenvalue weighted by molar-refractivity contribution is -0.140. The number of halogens is 1. The molecular weight excluding hydrogens is 229 g/mol. The minimum Gasteiger partial charge on any atom is -0.469 e. The summed E-state index contributed by atoms with van der Waals surface area (Å²) in [7, 11) is 1.35. The normalized spacial score (nSPS) is 10.1. The largest absolute Gasteiger partial charge is 0.469 e. The summed E-state index contributed by atoms with van der Waals surface area (Å²) < 4.78 is 17.9. The molecule has 2 N–H and O–H groups in total. The van der Waals surface area contributed by atoms with Gasteiger partial charge in [-0.3, -0.25) is 4.79 Å². The fourth-order valence-corrected chi connectivity index (χ4v) is 2.05. The first-order valence-corrected chi connectivity index (χ1v) is 5.98. The van der Waals surface area contributed by atoms with Gasteiger partial charge in [-0.15, -0.1) is 0 Å². The number of benzene rings is 1. The summed E-state index contributed by atoms with van der Waals surface area (Å²) in [6.45, 7) is 0. The molecule has 0 aliphatic rings. The zero-order valence-corrected chi connectivity index (χ0v) is 9.85. The molecule has 16 heavy (non-hydrogen) atoms. The lowest BCUT2D eigenvalue weighted by Crippen LogP contribution is -2.01. The Morgan fingerprint density at radius 2 is 2.31 bits per heavy atom. The predicted molar refractivity (Wildman–Crippen MR) is 63.6 cm³/mol. The van der Waals surface area contributed by atoms with E-state index in [4.69, 9.17) is 5.73 Å². The van der Waals surface area contributed by atoms with Gasteiger partial charge in [0, 0.05) is 11.5 Å². The molecule has 1 aromatic rings. The summed E-state index contributed by atoms with van der Waals surface area (Å²) in [5.41, 5.74) is 6.16. The van der Waals surface area contributed by atoms with E-state index in [0.29, 0.717) is 23.5 Å². The molecule has 5 heteroatoms. The lowest BCUT2D eigenvalue weighted by Gasteiger charge is -2.04. The number of hydrogen-bond donors (Lipinski definition) is 1. The SMILES string of the molecule is COC(=O)CCSCc1cccc(N)c1F. The van der Waals surface area contributed by atoms with Crippen molar-refractivity contribution in [1.29, 1.82) is 0 Å². The van der Waals surface area contributed by atoms with Crippen molar-refractivity contribution < 1.29 is 13.9 Å². The first-order valence-electron chi connectivity index (χ1n) is 4.82. The van der Waals surface area contributed by atoms with Crippen LogP contribution < -0.4 is 5.73 Å². The number of hydrogen-bond acceptors (Lipinski definition) is 4. The van der Waals surface area contributed by atoms with Crippen LogP contribution in [0.1, 0.15) is 12.0 Å². The number of anilines is 1. The molecule has 0 radical (unpaired) electrons. The second-order valence-electron chi connectivity index (χ2n) is 3.20. The van der Waals surface area contributed by atoms with Gasteiger partial charge >= 0.3 is 5.97 Å². The zero-order chi connectivity index (χ0) is 12.0. The molecule has 0 aliphatic heterocycles. The Balaban J connectivity index is 2.38. The number of carbonyl (C=O) groups excluding carboxylic acids is 1. The molecule has 0 aliphatic carbocycles. The monoisotopic (exact) mass is 243 g/mol. The van der Waals surface area contributed by atoms with Gasteiger partial charge in [0.25, 0.3) is 0 Å². The molecule has 0 unspecified atom stereocenters. The smallest absolute Gasteiger partial charge is 0.306 e. The van der Waals surface area contributed by atoms with Crippen LogP contribution in [0, 0.1) is 5.82 Å². The lowest BCUT2D eigenvalue weighted by atomic mass is 10.2. The van der Waals surface area contributed by atoms with Crippen LogP contribution in [0.25, 0.3) is 0 Å². The number of carbonyl (C=O) groups is 1. The van der Waals surface area contributed by atoms with Gasteiger partial charge in [-0.25, -0.2) is 4.39 Å². The third kappa shape index (κ3) is 3.73. The van der Waals surface area contributed by atoms with Crippen molar-refractivity contribution in [1.82, 2.24) is 0 Å². The number of methoxy groups -OCH3 is 1. The van der Waals surface area contributed by atoms with Crippen LogP contribution in [-0.4, -0.2) is 18.8 Å². The van der Waals surface area contributed by atoms with Crippen LogP contribution in [0.4, 0.5) is 10.1 Å². The van der Waals surface area contributed by atoms with Gasteiger partial charge in [-0.1, -0.05) is 12.1 Å². The minimum absolute atomic E-state index is 0.158. The highest BCUT2D eigenvalue weighted by atomic mass is 32.2. The van der Waals surface area contributed by atoms with E-state index >= 15 is 0 Å². The van der Waals surface area contributed by atoms with E-state index in [0.717, 1.165) is 0 Å². The second kappa shape index (κ2) is 6.37. The van der Waals surface area contributed by atoms with Crippen molar-refractivity contribution in [3.8, 4) is 0 Å². The van der Waals surface area contributed by atoms with E-state index < -0.39 is 0 Å². The summed E-state index contributed by atoms with van der Waals surface area (Å²) in [6.07, 6.45) is 0.338. The minimum atomic E-state index is -0.368. The zero-order valence-electron chi connectivity index (χ0n) is 9.03. The van der Waals surface area contributed by atoms with Crippen LogP contribution in [0.15, 0.2) is 18.2 Å². The topological polar surface area (TPSA) is 52.3 Å². The molecule has 0 fully saturated rings. The van der Waals surface area contributed by atoms with Crippen molar-refractivity contribution in [2.45, 2.75) is 12.2 Å². The predicted octanol–water partition coefficient (Wildman–Crippen LogP) is 2.20. The highest BCUT2D eigenvalue weighted by Crippen LogP contribution is 2.20. The van der Waals surface area contributed by atoms with Crippen molar-refractivity contribution in [3.05, 3.63) is 29.6 Å². The quantitative estimate of drug-likeness (QED) is 0.489. The van der Waals surface area contributed by atoms with Crippen LogP contribution in [-0.2, 0) is 15.3 Å². The number of thioether (sulfide) groups is 1. The maximum absolute atomic E-state index is 13.4. The Morgan fingerprint density at radius 1 is 1.56 bits per heavy atom. The van der Waals surface area contributed by atoms with Gasteiger partial charge in [0.1, 0.15) is 5.82 Å². The summed E-state index contributed by atoms with van der Waals surface area (Å²) >= 11 is 1.48. The average molecular weight is 243 g/mol. The summed E-state index contributed by atoms with van der Waals surface area (Å²) in [5.74, 6) is 0.503. The molecular formula is C11H14FNO2S. The number of rotatable bonds is 5. The maximum atomic E-state index is 13.4. The van der Waals surface area contributed by atoms with E-state index in [1.807, 2.05) is 0 Å². The van der Waals surface area contributed by atoms with Crippen molar-refractivity contribution in [2.75, 3.05) is 18.6 Å². The van der Waals surface area contributed by atoms with Crippen molar-refractivity contribution in [2.24, 2.45) is 0 Å². The molecule has 0 saturated carbocycles. The fourth-order valence-electron chi connectivity index (χ4n) is 1.15. The Morgan fingerprint density at radius 3 is 3.00 bits per heavy atom. The van der Waals surface area contributed by atoms with Crippen molar-refractivity contribution in [3.63, 3.8) is 0 Å². The molecule has 1 rings (SSSR count). The van der Waals surface area contributed by atoms with Crippen LogP contribution in [0.3, 0.4) is 0 Å². The molecule has 0 saturated heterocycles. The van der Waals surface area contributed by atoms with Gasteiger partial charge in [0.05, 0.1) is 19.2 Å². The molecule has 0 atom stereocenters. The van der Waals surface area contributed by atoms with Crippen LogP contribution in [0.2, 0.25) is 0 Å². The molecule has 3 nitrogen and oxygen atoms in total. The van der Waals surface area contributed by atoms with E-state index in [1.54, 1.807) is 12.1 Å². The fraction of sp³-hybridized carbons (Fsp3) is 0.364. The van der Waals surface area contributed by atoms with Crippen LogP contribution >= 0.6 is 11.8 Å². The Hall–Kier alpha value is -1.23. The summed E-state index contributed by atoms with van der Waals surface area (Å²) in [5, 5.41) is 0. The summed E-state index contributed by atoms with van der Waals surface area (Å²) in [4.78, 5) is 10.8. The molecule has 0 heterocycles. The van der Waals surface area contributed by atoms with Gasteiger partial charge in [-0.2, -0.15) is 11.8 Å². The Bertz CT molecular complexity index is 371. The molecule has 0 aromatic heterocycles. The highest BCUT2D eigenvalue weighted by Gasteiger charge is 2.06. The molecule has 0 bridgehead atoms. The average Bonchev–Trinajstić information content (AvgIpc) is 2.29. The third-order valence-electron chi connectivity index (χ3n) is 2.04. The standard InChI is InChI=1S/C11H14FNO2S/c1-15-10(14)5-6-16-7-8-3-2-4-9(13)11(8)12/h2-4H,5-7,13H2,1H3. The van der Waals surface area contributed by atoms with Crippen molar-refractivity contribution >= 4 is 23.4 Å². The van der Waals surface area contributed by atoms with Gasteiger partial charge in [0.2, 0.25) is 0 Å². The molecule has 88 valence electrons. The first-order chi connectivity index (χ1) is 7.65. The van der Waals surface area contributed by atoms with Gasteiger partial charge in [-0.05, 0) is 11.6 Å². The Kier molecular flexibility index (Phi) is 5.11. The highest BCUT2D eigenvalue weighted by molar-refractivity contribution is 7.98. The van der Waals surface area contributed by atoms with E-state index in [9.17, 15) is 9.18 Å². The first kappa shape index (κ1) is 12.8. The Labute approximate surface area is 98.2 Å². The van der Waals surface area contributed by atoms with Crippen LogP contribution in [0.5, 0.6) is 0 Å². The maximum Gasteiger partial charge on any atom is 0.306 e. The third-order valence-corrected chi connectivity index (χ3v) is 3.05. The molecule has 0 spiro atoms. The van der Waals surface area contributed by atoms with E-state index in [-0.39, 0.29) is 17.5 Å². The number of ether oxygens (including phenoxy) is 1. The number of nitrogens with two attached hydrogens (primary N) is 1. The van der Waals surface area contributed by atoms with Gasteiger partial charge < -0.3 is 10.5 Å². The van der Waals surface area contributed by atoms with E-state index in [1.165, 1.54) is 24.9 Å². The summed E-state index contributed by atoms with van der Waals surface area (Å²) in [6, 6.07) is 4.93. The van der Waals surface area contributed by atoms with Gasteiger partial charge in [0.15, 0.2) is 0 Å². The number of esters is 1. The second-order valence-corrected chi connectivity index (χ2v) is 4.30. The molecule has 0 amide bonds. The molecule has 1 aromatic carbocycles. The number of nitrogen functional groups attached to an aromatic ring is 1. The van der Waals surface area contributed by atoms with E-state index in [2.05, 4.69) is 4.74 Å².